The number of rotatable bonds is 7. The molecule has 35 heavy (non-hydrogen) atoms. The van der Waals surface area contributed by atoms with Crippen molar-refractivity contribution in [1.29, 1.82) is 0 Å². The van der Waals surface area contributed by atoms with Crippen LogP contribution in [0.4, 0.5) is 0 Å². The highest BCUT2D eigenvalue weighted by molar-refractivity contribution is 5.85. The molecule has 176 valence electrons. The van der Waals surface area contributed by atoms with Gasteiger partial charge in [-0.2, -0.15) is 4.57 Å². The van der Waals surface area contributed by atoms with E-state index in [2.05, 4.69) is 83.4 Å². The normalized spacial score (nSPS) is 13.5. The van der Waals surface area contributed by atoms with Gasteiger partial charge in [-0.15, -0.1) is 0 Å². The van der Waals surface area contributed by atoms with E-state index in [1.165, 1.54) is 64.0 Å². The minimum Gasteiger partial charge on any atom is -0.330 e. The van der Waals surface area contributed by atoms with Crippen LogP contribution in [-0.2, 0) is 32.2 Å². The zero-order valence-electron chi connectivity index (χ0n) is 20.6. The number of unbranched alkanes of at least 4 members (excludes halogenated alkanes) is 3. The summed E-state index contributed by atoms with van der Waals surface area (Å²) >= 11 is 0. The average Bonchev–Trinajstić information content (AvgIpc) is 2.92. The van der Waals surface area contributed by atoms with Crippen LogP contribution < -0.4 is 10.3 Å². The van der Waals surface area contributed by atoms with Crippen LogP contribution >= 0.6 is 0 Å². The van der Waals surface area contributed by atoms with Gasteiger partial charge >= 0.3 is 0 Å². The molecule has 0 saturated carbocycles. The molecule has 2 N–H and O–H groups in total. The van der Waals surface area contributed by atoms with Crippen LogP contribution in [0.2, 0.25) is 0 Å². The number of hydrogen-bond acceptors (Lipinski definition) is 1. The molecule has 0 unspecified atom stereocenters. The first kappa shape index (κ1) is 22.2. The van der Waals surface area contributed by atoms with Crippen LogP contribution in [0.3, 0.4) is 0 Å². The van der Waals surface area contributed by atoms with Crippen molar-refractivity contribution in [3.63, 3.8) is 0 Å². The molecule has 0 fully saturated rings. The van der Waals surface area contributed by atoms with Crippen molar-refractivity contribution >= 4 is 0 Å². The van der Waals surface area contributed by atoms with E-state index < -0.39 is 0 Å². The summed E-state index contributed by atoms with van der Waals surface area (Å²) in [6.45, 7) is 1.86. The molecule has 1 heterocycles. The summed E-state index contributed by atoms with van der Waals surface area (Å²) in [6, 6.07) is 29.4. The zero-order valence-corrected chi connectivity index (χ0v) is 20.6. The molecule has 2 nitrogen and oxygen atoms in total. The molecule has 0 bridgehead atoms. The van der Waals surface area contributed by atoms with Gasteiger partial charge in [0.2, 0.25) is 11.4 Å². The molecule has 0 radical (unpaired) electrons. The number of nitrogens with two attached hydrogens (primary N) is 1. The van der Waals surface area contributed by atoms with Gasteiger partial charge in [0, 0.05) is 34.2 Å². The van der Waals surface area contributed by atoms with E-state index in [9.17, 15) is 0 Å². The van der Waals surface area contributed by atoms with Crippen LogP contribution in [0, 0.1) is 0 Å². The Morgan fingerprint density at radius 3 is 1.71 bits per heavy atom. The molecule has 6 rings (SSSR count). The molecule has 2 aliphatic rings. The lowest BCUT2D eigenvalue weighted by Gasteiger charge is -2.28. The summed E-state index contributed by atoms with van der Waals surface area (Å²) in [5, 5.41) is 0. The predicted molar refractivity (Wildman–Crippen MR) is 145 cm³/mol. The van der Waals surface area contributed by atoms with Gasteiger partial charge in [0.1, 0.15) is 6.54 Å². The highest BCUT2D eigenvalue weighted by atomic mass is 15.0. The Hall–Kier alpha value is -3.23. The van der Waals surface area contributed by atoms with E-state index in [1.807, 2.05) is 0 Å². The second kappa shape index (κ2) is 9.79. The Labute approximate surface area is 209 Å². The van der Waals surface area contributed by atoms with Crippen molar-refractivity contribution in [2.24, 2.45) is 5.73 Å². The summed E-state index contributed by atoms with van der Waals surface area (Å²) in [7, 11) is 0. The van der Waals surface area contributed by atoms with Crippen LogP contribution in [0.5, 0.6) is 0 Å². The molecule has 2 heteroatoms. The maximum Gasteiger partial charge on any atom is 0.217 e. The van der Waals surface area contributed by atoms with E-state index in [4.69, 9.17) is 5.73 Å². The molecule has 0 saturated heterocycles. The summed E-state index contributed by atoms with van der Waals surface area (Å²) in [6.07, 6.45) is 9.23. The Bertz CT molecular complexity index is 1280. The SMILES string of the molecule is NCCCCCC[n+]1c2c(c(-c3ccccc3)c3c1-c1ccccc1CC3)CCc1ccccc1-2. The van der Waals surface area contributed by atoms with Crippen LogP contribution in [-0.4, -0.2) is 6.54 Å². The molecular formula is C33H35N2+. The fourth-order valence-corrected chi connectivity index (χ4v) is 6.36. The first-order valence-corrected chi connectivity index (χ1v) is 13.4. The molecule has 0 amide bonds. The molecule has 1 aromatic heterocycles. The van der Waals surface area contributed by atoms with Crippen molar-refractivity contribution in [2.75, 3.05) is 6.54 Å². The fourth-order valence-electron chi connectivity index (χ4n) is 6.36. The number of aryl methyl sites for hydroxylation is 2. The summed E-state index contributed by atoms with van der Waals surface area (Å²) in [4.78, 5) is 0. The van der Waals surface area contributed by atoms with Crippen LogP contribution in [0.1, 0.15) is 47.9 Å². The monoisotopic (exact) mass is 459 g/mol. The number of fused-ring (bicyclic) bond motifs is 6. The number of benzene rings is 3. The van der Waals surface area contributed by atoms with Gasteiger partial charge < -0.3 is 5.73 Å². The van der Waals surface area contributed by atoms with Gasteiger partial charge in [-0.1, -0.05) is 73.2 Å². The van der Waals surface area contributed by atoms with E-state index in [0.717, 1.165) is 45.2 Å². The quantitative estimate of drug-likeness (QED) is 0.242. The molecule has 3 aromatic carbocycles. The minimum atomic E-state index is 0.796. The van der Waals surface area contributed by atoms with Crippen molar-refractivity contribution in [3.8, 4) is 33.6 Å². The number of aromatic nitrogens is 1. The lowest BCUT2D eigenvalue weighted by Crippen LogP contribution is -2.43. The van der Waals surface area contributed by atoms with E-state index in [0.29, 0.717) is 0 Å². The van der Waals surface area contributed by atoms with Crippen molar-refractivity contribution in [3.05, 3.63) is 101 Å². The average molecular weight is 460 g/mol. The molecule has 4 aromatic rings. The van der Waals surface area contributed by atoms with Crippen LogP contribution in [0.15, 0.2) is 78.9 Å². The van der Waals surface area contributed by atoms with Gasteiger partial charge in [-0.25, -0.2) is 0 Å². The first-order valence-electron chi connectivity index (χ1n) is 13.4. The van der Waals surface area contributed by atoms with Gasteiger partial charge in [-0.3, -0.25) is 0 Å². The third-order valence-corrected chi connectivity index (χ3v) is 7.95. The minimum absolute atomic E-state index is 0.796. The second-order valence-corrected chi connectivity index (χ2v) is 10.1. The van der Waals surface area contributed by atoms with E-state index in [-0.39, 0.29) is 0 Å². The van der Waals surface area contributed by atoms with Crippen molar-refractivity contribution < 1.29 is 4.57 Å². The standard InChI is InChI=1S/C33H35N2/c34-22-10-1-2-11-23-35-32-27-16-8-6-12-24(27)18-20-29(32)31(26-14-4-3-5-15-26)30-21-19-25-13-7-9-17-28(25)33(30)35/h3-9,12-17H,1-2,10-11,18-23,34H2/q+1. The number of hydrogen-bond donors (Lipinski definition) is 1. The number of pyridine rings is 1. The van der Waals surface area contributed by atoms with Crippen molar-refractivity contribution in [2.45, 2.75) is 57.9 Å². The molecule has 2 aliphatic carbocycles. The van der Waals surface area contributed by atoms with Crippen LogP contribution in [0.25, 0.3) is 33.6 Å². The summed E-state index contributed by atoms with van der Waals surface area (Å²) in [5.41, 5.74) is 20.5. The Balaban J connectivity index is 1.64. The highest BCUT2D eigenvalue weighted by Gasteiger charge is 2.37. The lowest BCUT2D eigenvalue weighted by molar-refractivity contribution is -0.676. The van der Waals surface area contributed by atoms with Gasteiger partial charge in [0.25, 0.3) is 0 Å². The first-order chi connectivity index (χ1) is 17.4. The van der Waals surface area contributed by atoms with Crippen molar-refractivity contribution in [1.82, 2.24) is 0 Å². The third-order valence-electron chi connectivity index (χ3n) is 7.95. The topological polar surface area (TPSA) is 29.9 Å². The predicted octanol–water partition coefficient (Wildman–Crippen LogP) is 6.69. The lowest BCUT2D eigenvalue weighted by atomic mass is 9.77. The Morgan fingerprint density at radius 1 is 0.571 bits per heavy atom. The second-order valence-electron chi connectivity index (χ2n) is 10.1. The highest BCUT2D eigenvalue weighted by Crippen LogP contribution is 2.44. The zero-order chi connectivity index (χ0) is 23.6. The summed E-state index contributed by atoms with van der Waals surface area (Å²) < 4.78 is 2.72. The van der Waals surface area contributed by atoms with Gasteiger partial charge in [0.05, 0.1) is 0 Å². The maximum atomic E-state index is 5.78. The van der Waals surface area contributed by atoms with E-state index in [1.54, 1.807) is 11.1 Å². The Kier molecular flexibility index (Phi) is 6.22. The van der Waals surface area contributed by atoms with E-state index >= 15 is 0 Å². The Morgan fingerprint density at radius 2 is 1.11 bits per heavy atom. The smallest absolute Gasteiger partial charge is 0.217 e. The summed E-state index contributed by atoms with van der Waals surface area (Å²) in [5.74, 6) is 0. The molecular weight excluding hydrogens is 424 g/mol. The van der Waals surface area contributed by atoms with Gasteiger partial charge in [0.15, 0.2) is 0 Å². The largest absolute Gasteiger partial charge is 0.330 e. The van der Waals surface area contributed by atoms with Gasteiger partial charge in [-0.05, 0) is 73.9 Å². The fraction of sp³-hybridized carbons (Fsp3) is 0.303. The third kappa shape index (κ3) is 4.00. The molecule has 0 atom stereocenters. The molecule has 0 aliphatic heterocycles. The molecule has 0 spiro atoms. The number of nitrogens with zero attached hydrogens (tertiary/aromatic N) is 1. The maximum absolute atomic E-state index is 5.78.